The molecule has 30 heavy (non-hydrogen) atoms. The molecule has 180 valence electrons. The standard InChI is InChI=1S/C22H45O7P/c1-5-21(6-2,15-18-29-30(25,26)27)13-9-11-16-28-17-12-10-14-22(7-3,8-4)19-20(23)24/h5-19H2,1-4H3,(H,23,24)(H2,25,26,27). The molecule has 0 unspecified atom stereocenters. The van der Waals surface area contributed by atoms with Crippen molar-refractivity contribution in [3.8, 4) is 0 Å². The molecule has 0 heterocycles. The van der Waals surface area contributed by atoms with Gasteiger partial charge in [-0.25, -0.2) is 4.57 Å². The Morgan fingerprint density at radius 3 is 1.63 bits per heavy atom. The molecular formula is C22H45O7P. The summed E-state index contributed by atoms with van der Waals surface area (Å²) in [7, 11) is -4.39. The molecule has 7 nitrogen and oxygen atoms in total. The van der Waals surface area contributed by atoms with Crippen LogP contribution in [0.25, 0.3) is 0 Å². The average Bonchev–Trinajstić information content (AvgIpc) is 2.69. The van der Waals surface area contributed by atoms with E-state index in [1.54, 1.807) is 0 Å². The summed E-state index contributed by atoms with van der Waals surface area (Å²) in [5, 5.41) is 9.14. The highest BCUT2D eigenvalue weighted by Gasteiger charge is 2.29. The van der Waals surface area contributed by atoms with Crippen LogP contribution in [0.3, 0.4) is 0 Å². The summed E-state index contributed by atoms with van der Waals surface area (Å²) >= 11 is 0. The van der Waals surface area contributed by atoms with Crippen LogP contribution in [0.1, 0.15) is 105 Å². The average molecular weight is 453 g/mol. The van der Waals surface area contributed by atoms with Gasteiger partial charge in [0.25, 0.3) is 0 Å². The minimum absolute atomic E-state index is 0.0585. The van der Waals surface area contributed by atoms with E-state index in [4.69, 9.17) is 19.6 Å². The molecule has 0 aliphatic rings. The van der Waals surface area contributed by atoms with Gasteiger partial charge in [0.2, 0.25) is 0 Å². The number of carbonyl (C=O) groups is 1. The lowest BCUT2D eigenvalue weighted by molar-refractivity contribution is -0.140. The van der Waals surface area contributed by atoms with E-state index in [2.05, 4.69) is 32.2 Å². The highest BCUT2D eigenvalue weighted by molar-refractivity contribution is 7.46. The molecule has 0 rings (SSSR count). The third-order valence-corrected chi connectivity index (χ3v) is 7.43. The van der Waals surface area contributed by atoms with E-state index in [-0.39, 0.29) is 23.9 Å². The molecule has 0 fully saturated rings. The van der Waals surface area contributed by atoms with E-state index in [1.165, 1.54) is 0 Å². The number of carboxylic acids is 1. The highest BCUT2D eigenvalue weighted by atomic mass is 31.2. The molecule has 0 saturated heterocycles. The summed E-state index contributed by atoms with van der Waals surface area (Å²) in [4.78, 5) is 28.8. The Hall–Kier alpha value is -0.460. The van der Waals surface area contributed by atoms with Gasteiger partial charge in [-0.1, -0.05) is 53.4 Å². The van der Waals surface area contributed by atoms with Gasteiger partial charge in [-0.3, -0.25) is 9.32 Å². The Kier molecular flexibility index (Phi) is 15.1. The first-order valence-corrected chi connectivity index (χ1v) is 13.1. The molecular weight excluding hydrogens is 407 g/mol. The van der Waals surface area contributed by atoms with Crippen molar-refractivity contribution >= 4 is 13.8 Å². The number of phosphoric acid groups is 1. The molecule has 0 spiro atoms. The molecule has 0 bridgehead atoms. The molecule has 0 aliphatic heterocycles. The number of hydrogen-bond donors (Lipinski definition) is 3. The first-order valence-electron chi connectivity index (χ1n) is 11.6. The van der Waals surface area contributed by atoms with Crippen molar-refractivity contribution in [1.82, 2.24) is 0 Å². The van der Waals surface area contributed by atoms with Crippen molar-refractivity contribution in [1.29, 1.82) is 0 Å². The van der Waals surface area contributed by atoms with E-state index >= 15 is 0 Å². The first-order chi connectivity index (χ1) is 14.1. The van der Waals surface area contributed by atoms with Crippen molar-refractivity contribution in [2.75, 3.05) is 19.8 Å². The van der Waals surface area contributed by atoms with Gasteiger partial charge in [0.15, 0.2) is 0 Å². The predicted octanol–water partition coefficient (Wildman–Crippen LogP) is 5.93. The third-order valence-electron chi connectivity index (χ3n) is 6.91. The van der Waals surface area contributed by atoms with Crippen LogP contribution in [0.2, 0.25) is 0 Å². The summed E-state index contributed by atoms with van der Waals surface area (Å²) in [6, 6.07) is 0. The van der Waals surface area contributed by atoms with Crippen LogP contribution < -0.4 is 0 Å². The number of unbranched alkanes of at least 4 members (excludes halogenated alkanes) is 2. The Morgan fingerprint density at radius 2 is 1.23 bits per heavy atom. The minimum atomic E-state index is -4.39. The van der Waals surface area contributed by atoms with Crippen LogP contribution in [0, 0.1) is 10.8 Å². The zero-order valence-corrected chi connectivity index (χ0v) is 20.4. The normalized spacial score (nSPS) is 13.0. The molecule has 0 aromatic heterocycles. The van der Waals surface area contributed by atoms with Gasteiger partial charge in [-0.05, 0) is 55.8 Å². The fourth-order valence-electron chi connectivity index (χ4n) is 4.24. The SMILES string of the molecule is CCC(CC)(CCCCOCCCCC(CC)(CC)CC(=O)O)CCOP(=O)(O)O. The molecule has 3 N–H and O–H groups in total. The largest absolute Gasteiger partial charge is 0.481 e. The highest BCUT2D eigenvalue weighted by Crippen LogP contribution is 2.41. The molecule has 0 aromatic carbocycles. The fraction of sp³-hybridized carbons (Fsp3) is 0.955. The van der Waals surface area contributed by atoms with Gasteiger partial charge in [0.1, 0.15) is 0 Å². The van der Waals surface area contributed by atoms with E-state index in [1.807, 2.05) is 0 Å². The zero-order valence-electron chi connectivity index (χ0n) is 19.5. The predicted molar refractivity (Wildman–Crippen MR) is 119 cm³/mol. The van der Waals surface area contributed by atoms with Crippen LogP contribution >= 0.6 is 7.82 Å². The summed E-state index contributed by atoms with van der Waals surface area (Å²) in [6.45, 7) is 9.90. The lowest BCUT2D eigenvalue weighted by atomic mass is 9.75. The van der Waals surface area contributed by atoms with Crippen LogP contribution in [0.15, 0.2) is 0 Å². The van der Waals surface area contributed by atoms with E-state index in [0.29, 0.717) is 19.6 Å². The summed E-state index contributed by atoms with van der Waals surface area (Å²) in [6.07, 6.45) is 10.5. The Balaban J connectivity index is 4.03. The molecule has 0 atom stereocenters. The Labute approximate surface area is 183 Å². The van der Waals surface area contributed by atoms with Crippen LogP contribution in [0.4, 0.5) is 0 Å². The lowest BCUT2D eigenvalue weighted by Gasteiger charge is -2.32. The number of carboxylic acid groups (broad SMARTS) is 1. The second-order valence-electron chi connectivity index (χ2n) is 8.59. The molecule has 0 aliphatic carbocycles. The topological polar surface area (TPSA) is 113 Å². The summed E-state index contributed by atoms with van der Waals surface area (Å²) < 4.78 is 21.3. The number of hydrogen-bond acceptors (Lipinski definition) is 4. The van der Waals surface area contributed by atoms with Gasteiger partial charge in [0, 0.05) is 13.2 Å². The summed E-state index contributed by atoms with van der Waals surface area (Å²) in [5.74, 6) is -0.710. The Morgan fingerprint density at radius 1 is 0.767 bits per heavy atom. The quantitative estimate of drug-likeness (QED) is 0.155. The van der Waals surface area contributed by atoms with Crippen molar-refractivity contribution in [3.05, 3.63) is 0 Å². The van der Waals surface area contributed by atoms with Crippen LogP contribution in [0.5, 0.6) is 0 Å². The van der Waals surface area contributed by atoms with Crippen molar-refractivity contribution in [2.45, 2.75) is 105 Å². The van der Waals surface area contributed by atoms with E-state index < -0.39 is 13.8 Å². The van der Waals surface area contributed by atoms with E-state index in [0.717, 1.165) is 64.2 Å². The van der Waals surface area contributed by atoms with E-state index in [9.17, 15) is 9.36 Å². The Bertz CT molecular complexity index is 496. The third kappa shape index (κ3) is 13.1. The smallest absolute Gasteiger partial charge is 0.469 e. The molecule has 0 aromatic rings. The number of phosphoric ester groups is 1. The first kappa shape index (κ1) is 29.5. The fourth-order valence-corrected chi connectivity index (χ4v) is 4.57. The van der Waals surface area contributed by atoms with Gasteiger partial charge >= 0.3 is 13.8 Å². The van der Waals surface area contributed by atoms with Crippen molar-refractivity contribution in [3.63, 3.8) is 0 Å². The zero-order chi connectivity index (χ0) is 23.1. The maximum Gasteiger partial charge on any atom is 0.469 e. The van der Waals surface area contributed by atoms with Gasteiger partial charge < -0.3 is 19.6 Å². The number of ether oxygens (including phenoxy) is 1. The molecule has 0 saturated carbocycles. The van der Waals surface area contributed by atoms with Crippen LogP contribution in [-0.2, 0) is 18.6 Å². The lowest BCUT2D eigenvalue weighted by Crippen LogP contribution is -2.23. The van der Waals surface area contributed by atoms with Gasteiger partial charge in [-0.15, -0.1) is 0 Å². The van der Waals surface area contributed by atoms with Crippen LogP contribution in [-0.4, -0.2) is 40.7 Å². The number of rotatable bonds is 20. The van der Waals surface area contributed by atoms with Gasteiger partial charge in [0.05, 0.1) is 13.0 Å². The van der Waals surface area contributed by atoms with Crippen molar-refractivity contribution in [2.24, 2.45) is 10.8 Å². The minimum Gasteiger partial charge on any atom is -0.481 e. The summed E-state index contributed by atoms with van der Waals surface area (Å²) in [5.41, 5.74) is -0.0259. The maximum absolute atomic E-state index is 11.1. The number of aliphatic carboxylic acids is 1. The van der Waals surface area contributed by atoms with Gasteiger partial charge in [-0.2, -0.15) is 0 Å². The molecule has 0 amide bonds. The molecule has 0 radical (unpaired) electrons. The second-order valence-corrected chi connectivity index (χ2v) is 9.82. The molecule has 8 heteroatoms. The second kappa shape index (κ2) is 15.4. The maximum atomic E-state index is 11.1. The monoisotopic (exact) mass is 452 g/mol. The van der Waals surface area contributed by atoms with Crippen molar-refractivity contribution < 1.29 is 33.5 Å².